The van der Waals surface area contributed by atoms with E-state index in [0.29, 0.717) is 0 Å². The van der Waals surface area contributed by atoms with Crippen molar-refractivity contribution in [3.63, 3.8) is 0 Å². The molecule has 0 unspecified atom stereocenters. The fourth-order valence-electron chi connectivity index (χ4n) is 8.99. The molecule has 2 nitrogen and oxygen atoms in total. The number of para-hydroxylation sites is 2. The first-order valence-electron chi connectivity index (χ1n) is 16.9. The maximum atomic E-state index is 7.08. The molecule has 0 atom stereocenters. The summed E-state index contributed by atoms with van der Waals surface area (Å²) in [4.78, 5) is 2.48. The fraction of sp³-hybridized carbons (Fsp3) is 0.0213. The lowest BCUT2D eigenvalue weighted by molar-refractivity contribution is 0.667. The Morgan fingerprint density at radius 2 is 0.980 bits per heavy atom. The number of anilines is 3. The van der Waals surface area contributed by atoms with Gasteiger partial charge in [-0.25, -0.2) is 0 Å². The molecule has 228 valence electrons. The summed E-state index contributed by atoms with van der Waals surface area (Å²) in [6.45, 7) is 0. The summed E-state index contributed by atoms with van der Waals surface area (Å²) in [6, 6.07) is 64.1. The summed E-state index contributed by atoms with van der Waals surface area (Å²) in [5.74, 6) is 0. The van der Waals surface area contributed by atoms with Crippen molar-refractivity contribution in [3.05, 3.63) is 198 Å². The molecule has 2 aliphatic rings. The highest BCUT2D eigenvalue weighted by Crippen LogP contribution is 2.66. The second-order valence-corrected chi connectivity index (χ2v) is 13.2. The Balaban J connectivity index is 1.41. The van der Waals surface area contributed by atoms with E-state index in [2.05, 4.69) is 181 Å². The zero-order valence-electron chi connectivity index (χ0n) is 26.6. The van der Waals surface area contributed by atoms with E-state index in [9.17, 15) is 0 Å². The van der Waals surface area contributed by atoms with Crippen LogP contribution in [-0.4, -0.2) is 0 Å². The van der Waals surface area contributed by atoms with Crippen LogP contribution in [0, 0.1) is 0 Å². The van der Waals surface area contributed by atoms with Crippen molar-refractivity contribution in [1.29, 1.82) is 0 Å². The number of hydrogen-bond donors (Lipinski definition) is 0. The first-order valence-corrected chi connectivity index (χ1v) is 16.9. The van der Waals surface area contributed by atoms with Gasteiger partial charge in [-0.2, -0.15) is 0 Å². The van der Waals surface area contributed by atoms with Crippen LogP contribution in [0.1, 0.15) is 22.3 Å². The molecule has 2 heteroatoms. The van der Waals surface area contributed by atoms with Gasteiger partial charge in [-0.15, -0.1) is 0 Å². The summed E-state index contributed by atoms with van der Waals surface area (Å²) in [7, 11) is 0. The van der Waals surface area contributed by atoms with Gasteiger partial charge in [-0.05, 0) is 74.7 Å². The van der Waals surface area contributed by atoms with Gasteiger partial charge < -0.3 is 9.32 Å². The predicted molar refractivity (Wildman–Crippen MR) is 202 cm³/mol. The minimum absolute atomic E-state index is 0.556. The highest BCUT2D eigenvalue weighted by Gasteiger charge is 2.54. The third-order valence-corrected chi connectivity index (χ3v) is 10.8. The summed E-state index contributed by atoms with van der Waals surface area (Å²) in [5.41, 5.74) is 14.8. The Morgan fingerprint density at radius 3 is 1.69 bits per heavy atom. The van der Waals surface area contributed by atoms with Gasteiger partial charge in [-0.1, -0.05) is 146 Å². The van der Waals surface area contributed by atoms with Crippen LogP contribution in [0.15, 0.2) is 180 Å². The molecule has 1 aromatic heterocycles. The highest BCUT2D eigenvalue weighted by atomic mass is 16.3. The monoisotopic (exact) mass is 623 g/mol. The lowest BCUT2D eigenvalue weighted by atomic mass is 9.69. The second-order valence-electron chi connectivity index (χ2n) is 13.2. The van der Waals surface area contributed by atoms with Crippen molar-refractivity contribution >= 4 is 49.8 Å². The van der Waals surface area contributed by atoms with Crippen LogP contribution < -0.4 is 4.90 Å². The molecule has 0 saturated heterocycles. The number of benzene rings is 8. The molecule has 0 N–H and O–H groups in total. The van der Waals surface area contributed by atoms with Crippen LogP contribution in [0.25, 0.3) is 55.0 Å². The fourth-order valence-corrected chi connectivity index (χ4v) is 8.99. The normalized spacial score (nSPS) is 13.5. The van der Waals surface area contributed by atoms with E-state index in [0.717, 1.165) is 39.0 Å². The molecule has 0 bridgehead atoms. The third-order valence-electron chi connectivity index (χ3n) is 10.8. The van der Waals surface area contributed by atoms with Crippen molar-refractivity contribution < 1.29 is 4.42 Å². The second kappa shape index (κ2) is 9.82. The topological polar surface area (TPSA) is 16.4 Å². The van der Waals surface area contributed by atoms with Crippen molar-refractivity contribution in [2.24, 2.45) is 0 Å². The van der Waals surface area contributed by atoms with E-state index in [-0.39, 0.29) is 0 Å². The molecular formula is C47H29NO. The van der Waals surface area contributed by atoms with Crippen LogP contribution in [-0.2, 0) is 5.41 Å². The van der Waals surface area contributed by atoms with Crippen LogP contribution >= 0.6 is 0 Å². The van der Waals surface area contributed by atoms with Gasteiger partial charge >= 0.3 is 0 Å². The van der Waals surface area contributed by atoms with E-state index in [1.807, 2.05) is 0 Å². The molecule has 11 rings (SSSR count). The first kappa shape index (κ1) is 26.7. The van der Waals surface area contributed by atoms with Crippen molar-refractivity contribution in [2.75, 3.05) is 4.90 Å². The summed E-state index contributed by atoms with van der Waals surface area (Å²) in [6.07, 6.45) is 0. The quantitative estimate of drug-likeness (QED) is 0.195. The molecule has 49 heavy (non-hydrogen) atoms. The molecule has 9 aromatic rings. The van der Waals surface area contributed by atoms with Gasteiger partial charge in [0.15, 0.2) is 5.58 Å². The van der Waals surface area contributed by atoms with E-state index in [4.69, 9.17) is 4.42 Å². The first-order chi connectivity index (χ1) is 24.3. The molecule has 0 amide bonds. The third kappa shape index (κ3) is 3.40. The van der Waals surface area contributed by atoms with E-state index < -0.39 is 5.41 Å². The Bertz CT molecular complexity index is 2740. The Morgan fingerprint density at radius 1 is 0.429 bits per heavy atom. The van der Waals surface area contributed by atoms with E-state index in [1.165, 1.54) is 55.3 Å². The lowest BCUT2D eigenvalue weighted by Gasteiger charge is -2.36. The number of nitrogens with zero attached hydrogens (tertiary/aromatic N) is 1. The van der Waals surface area contributed by atoms with Crippen LogP contribution in [0.3, 0.4) is 0 Å². The minimum Gasteiger partial charge on any atom is -0.454 e. The van der Waals surface area contributed by atoms with Gasteiger partial charge in [-0.3, -0.25) is 0 Å². The summed E-state index contributed by atoms with van der Waals surface area (Å²) < 4.78 is 7.08. The predicted octanol–water partition coefficient (Wildman–Crippen LogP) is 12.6. The average Bonchev–Trinajstić information content (AvgIpc) is 3.79. The van der Waals surface area contributed by atoms with Crippen molar-refractivity contribution in [2.45, 2.75) is 5.41 Å². The molecule has 0 fully saturated rings. The molecule has 0 aliphatic heterocycles. The smallest absolute Gasteiger partial charge is 0.159 e. The largest absolute Gasteiger partial charge is 0.454 e. The Kier molecular flexibility index (Phi) is 5.34. The van der Waals surface area contributed by atoms with Gasteiger partial charge in [0.1, 0.15) is 5.58 Å². The number of fused-ring (bicyclic) bond motifs is 14. The van der Waals surface area contributed by atoms with Gasteiger partial charge in [0.2, 0.25) is 0 Å². The Hall–Kier alpha value is -6.38. The van der Waals surface area contributed by atoms with Crippen molar-refractivity contribution in [1.82, 2.24) is 0 Å². The van der Waals surface area contributed by atoms with Gasteiger partial charge in [0, 0.05) is 27.4 Å². The molecule has 1 spiro atoms. The van der Waals surface area contributed by atoms with Gasteiger partial charge in [0.05, 0.1) is 16.8 Å². The summed E-state index contributed by atoms with van der Waals surface area (Å²) >= 11 is 0. The lowest BCUT2D eigenvalue weighted by Crippen LogP contribution is -2.28. The minimum atomic E-state index is -0.556. The van der Waals surface area contributed by atoms with Crippen LogP contribution in [0.5, 0.6) is 0 Å². The summed E-state index contributed by atoms with van der Waals surface area (Å²) in [5, 5.41) is 4.63. The molecule has 2 aliphatic carbocycles. The highest BCUT2D eigenvalue weighted by molar-refractivity contribution is 6.17. The molecule has 0 saturated carbocycles. The average molecular weight is 624 g/mol. The van der Waals surface area contributed by atoms with Crippen molar-refractivity contribution in [3.8, 4) is 22.3 Å². The molecule has 0 radical (unpaired) electrons. The molecular weight excluding hydrogens is 595 g/mol. The standard InChI is InChI=1S/C47H29NO/c1-2-17-31(18-3-1)48(42-27-14-16-30-15-4-5-19-32(30)42)45-44-37(29-38-36-23-9-13-28-43(36)49-46(38)45)35-22-8-12-26-41(35)47(44)39-24-10-6-20-33(39)34-21-7-11-25-40(34)47/h1-29H. The number of furan rings is 1. The maximum Gasteiger partial charge on any atom is 0.159 e. The molecule has 1 heterocycles. The van der Waals surface area contributed by atoms with E-state index in [1.54, 1.807) is 0 Å². The Labute approximate surface area is 284 Å². The van der Waals surface area contributed by atoms with Crippen LogP contribution in [0.4, 0.5) is 17.1 Å². The SMILES string of the molecule is c1ccc(N(c2cccc3ccccc23)c2c3c(cc4c2oc2ccccc24)-c2ccccc2C32c3ccccc3-c3ccccc32)cc1. The maximum absolute atomic E-state index is 7.08. The zero-order valence-corrected chi connectivity index (χ0v) is 26.6. The van der Waals surface area contributed by atoms with Crippen LogP contribution in [0.2, 0.25) is 0 Å². The number of rotatable bonds is 3. The van der Waals surface area contributed by atoms with Gasteiger partial charge in [0.25, 0.3) is 0 Å². The zero-order chi connectivity index (χ0) is 32.1. The number of hydrogen-bond acceptors (Lipinski definition) is 2. The van der Waals surface area contributed by atoms with E-state index >= 15 is 0 Å². The molecule has 8 aromatic carbocycles.